The fraction of sp³-hybridized carbons (Fsp3) is 0.375. The van der Waals surface area contributed by atoms with Gasteiger partial charge in [0, 0.05) is 33.7 Å². The molecule has 1 fully saturated rings. The van der Waals surface area contributed by atoms with Crippen molar-refractivity contribution in [1.82, 2.24) is 4.90 Å². The fourth-order valence-electron chi connectivity index (χ4n) is 6.69. The first-order valence-corrected chi connectivity index (χ1v) is 18.1. The number of benzene rings is 3. The summed E-state index contributed by atoms with van der Waals surface area (Å²) in [6, 6.07) is 25.5. The second-order valence-corrected chi connectivity index (χ2v) is 16.8. The van der Waals surface area contributed by atoms with Crippen LogP contribution >= 0.6 is 22.6 Å². The summed E-state index contributed by atoms with van der Waals surface area (Å²) in [5, 5.41) is 9.73. The maximum Gasteiger partial charge on any atom is 0.264 e. The van der Waals surface area contributed by atoms with E-state index in [1.54, 1.807) is 9.80 Å². The van der Waals surface area contributed by atoms with Gasteiger partial charge >= 0.3 is 0 Å². The lowest BCUT2D eigenvalue weighted by Gasteiger charge is -2.32. The van der Waals surface area contributed by atoms with E-state index in [0.717, 1.165) is 25.9 Å². The van der Waals surface area contributed by atoms with Crippen LogP contribution in [-0.4, -0.2) is 54.2 Å². The fourth-order valence-corrected chi connectivity index (χ4v) is 9.74. The Hall–Kier alpha value is -2.57. The minimum atomic E-state index is -2.92. The lowest BCUT2D eigenvalue weighted by atomic mass is 9.82. The van der Waals surface area contributed by atoms with E-state index < -0.39 is 20.0 Å². The number of nitrogens with zero attached hydrogens (tertiary/aromatic N) is 2. The summed E-state index contributed by atoms with van der Waals surface area (Å²) >= 11 is 2.25. The predicted octanol–water partition coefficient (Wildman–Crippen LogP) is 5.05. The Morgan fingerprint density at radius 3 is 2.29 bits per heavy atom. The van der Waals surface area contributed by atoms with Crippen molar-refractivity contribution in [2.24, 2.45) is 5.92 Å². The highest BCUT2D eigenvalue weighted by Gasteiger charge is 2.66. The largest absolute Gasteiger partial charge is 0.432 e. The van der Waals surface area contributed by atoms with Crippen LogP contribution in [0.2, 0.25) is 18.6 Å². The van der Waals surface area contributed by atoms with Crippen molar-refractivity contribution in [1.29, 1.82) is 0 Å². The summed E-state index contributed by atoms with van der Waals surface area (Å²) in [7, 11) is -2.92. The van der Waals surface area contributed by atoms with Gasteiger partial charge in [-0.05, 0) is 65.0 Å². The van der Waals surface area contributed by atoms with Gasteiger partial charge in [-0.3, -0.25) is 9.59 Å². The molecule has 0 saturated carbocycles. The van der Waals surface area contributed by atoms with Gasteiger partial charge in [-0.2, -0.15) is 0 Å². The zero-order valence-electron chi connectivity index (χ0n) is 23.7. The summed E-state index contributed by atoms with van der Waals surface area (Å²) in [5.41, 5.74) is 1.92. The molecule has 0 aliphatic carbocycles. The average molecular weight is 685 g/mol. The Morgan fingerprint density at radius 2 is 1.68 bits per heavy atom. The number of hydrogen-bond donors (Lipinski definition) is 2. The van der Waals surface area contributed by atoms with E-state index in [1.165, 1.54) is 0 Å². The summed E-state index contributed by atoms with van der Waals surface area (Å²) < 4.78 is 7.83. The van der Waals surface area contributed by atoms with Crippen LogP contribution in [0.5, 0.6) is 0 Å². The van der Waals surface area contributed by atoms with Crippen LogP contribution in [0, 0.1) is 9.49 Å². The quantitative estimate of drug-likeness (QED) is 0.244. The summed E-state index contributed by atoms with van der Waals surface area (Å²) in [5.74, 6) is -0.673. The number of halogens is 1. The van der Waals surface area contributed by atoms with Gasteiger partial charge in [-0.1, -0.05) is 67.6 Å². The Labute approximate surface area is 256 Å². The number of aliphatic hydroxyl groups is 1. The summed E-state index contributed by atoms with van der Waals surface area (Å²) in [6.45, 7) is 6.51. The van der Waals surface area contributed by atoms with Crippen molar-refractivity contribution in [3.63, 3.8) is 0 Å². The smallest absolute Gasteiger partial charge is 0.264 e. The molecule has 3 aromatic rings. The number of hydrogen-bond acceptors (Lipinski definition) is 5. The molecule has 2 heterocycles. The highest BCUT2D eigenvalue weighted by Crippen LogP contribution is 2.60. The topological polar surface area (TPSA) is 90.3 Å². The van der Waals surface area contributed by atoms with Gasteiger partial charge in [0.2, 0.25) is 5.91 Å². The van der Waals surface area contributed by atoms with Gasteiger partial charge in [0.15, 0.2) is 13.9 Å². The van der Waals surface area contributed by atoms with Gasteiger partial charge in [0.25, 0.3) is 5.91 Å². The minimum absolute atomic E-state index is 0.0196. The van der Waals surface area contributed by atoms with Crippen LogP contribution in [-0.2, 0) is 33.0 Å². The van der Waals surface area contributed by atoms with E-state index in [-0.39, 0.29) is 42.8 Å². The first-order chi connectivity index (χ1) is 19.6. The average Bonchev–Trinajstić information content (AvgIpc) is 3.36. The molecule has 2 aliphatic rings. The molecule has 2 aliphatic heterocycles. The van der Waals surface area contributed by atoms with E-state index in [4.69, 9.17) is 4.74 Å². The minimum Gasteiger partial charge on any atom is -0.432 e. The van der Waals surface area contributed by atoms with Crippen molar-refractivity contribution in [2.75, 3.05) is 18.1 Å². The number of ether oxygens (including phenoxy) is 1. The standard InChI is InChI=1S/C32H37IN2O5Si/c1-22-30(41(2,3)39)28(19-29(37)34(16-17-36)20-23-10-6-4-7-11-23)40-32(22)26-18-25(33)14-15-27(26)35(31(32)38)21-24-12-8-5-9-13-24/h4-15,18,22,28,30,36,39H,16-17,19-21H2,1-3H3/t22-,28+,30-,32+/m0/s1. The van der Waals surface area contributed by atoms with Crippen LogP contribution in [0.4, 0.5) is 5.69 Å². The molecule has 0 bridgehead atoms. The van der Waals surface area contributed by atoms with Gasteiger partial charge in [0.1, 0.15) is 0 Å². The van der Waals surface area contributed by atoms with E-state index in [1.807, 2.05) is 98.9 Å². The third-order valence-corrected chi connectivity index (χ3v) is 11.6. The van der Waals surface area contributed by atoms with Gasteiger partial charge < -0.3 is 24.4 Å². The van der Waals surface area contributed by atoms with Crippen molar-refractivity contribution in [2.45, 2.75) is 56.8 Å². The number of fused-ring (bicyclic) bond motifs is 2. The molecule has 7 nitrogen and oxygen atoms in total. The number of rotatable bonds is 9. The number of amides is 2. The third kappa shape index (κ3) is 5.74. The lowest BCUT2D eigenvalue weighted by molar-refractivity contribution is -0.150. The number of aliphatic hydroxyl groups excluding tert-OH is 1. The van der Waals surface area contributed by atoms with E-state index in [0.29, 0.717) is 13.1 Å². The molecule has 4 atom stereocenters. The van der Waals surface area contributed by atoms with Crippen molar-refractivity contribution in [3.8, 4) is 0 Å². The molecule has 41 heavy (non-hydrogen) atoms. The first kappa shape index (κ1) is 29.9. The molecular formula is C32H37IN2O5Si. The highest BCUT2D eigenvalue weighted by atomic mass is 127. The molecule has 0 radical (unpaired) electrons. The molecule has 9 heteroatoms. The third-order valence-electron chi connectivity index (χ3n) is 8.44. The van der Waals surface area contributed by atoms with Crippen LogP contribution in [0.1, 0.15) is 30.0 Å². The normalized spacial score (nSPS) is 23.7. The summed E-state index contributed by atoms with van der Waals surface area (Å²) in [6.07, 6.45) is -0.626. The Bertz CT molecular complexity index is 1400. The Kier molecular flexibility index (Phi) is 8.73. The molecule has 1 saturated heterocycles. The molecule has 0 unspecified atom stereocenters. The SMILES string of the molecule is C[C@H]1[C@H]([Si](C)(C)O)[C@@H](CC(=O)N(CCO)Cc2ccccc2)O[C@]12C(=O)N(Cc1ccccc1)c1ccc(I)cc12. The van der Waals surface area contributed by atoms with Crippen molar-refractivity contribution < 1.29 is 24.2 Å². The second kappa shape index (κ2) is 12.0. The number of carbonyl (C=O) groups excluding carboxylic acids is 2. The zero-order chi connectivity index (χ0) is 29.4. The number of carbonyl (C=O) groups is 2. The van der Waals surface area contributed by atoms with Gasteiger partial charge in [0.05, 0.1) is 31.4 Å². The van der Waals surface area contributed by atoms with Crippen molar-refractivity contribution in [3.05, 3.63) is 99.1 Å². The molecule has 0 aromatic heterocycles. The number of anilines is 1. The monoisotopic (exact) mass is 684 g/mol. The molecule has 3 aromatic carbocycles. The van der Waals surface area contributed by atoms with E-state index in [2.05, 4.69) is 22.6 Å². The van der Waals surface area contributed by atoms with Crippen LogP contribution in [0.15, 0.2) is 78.9 Å². The predicted molar refractivity (Wildman–Crippen MR) is 170 cm³/mol. The first-order valence-electron chi connectivity index (χ1n) is 14.0. The molecule has 2 amide bonds. The lowest BCUT2D eigenvalue weighted by Crippen LogP contribution is -2.46. The zero-order valence-corrected chi connectivity index (χ0v) is 26.8. The molecule has 1 spiro atoms. The molecular weight excluding hydrogens is 647 g/mol. The molecule has 216 valence electrons. The van der Waals surface area contributed by atoms with Gasteiger partial charge in [-0.25, -0.2) is 0 Å². The maximum absolute atomic E-state index is 14.5. The van der Waals surface area contributed by atoms with E-state index in [9.17, 15) is 19.5 Å². The molecule has 5 rings (SSSR count). The van der Waals surface area contributed by atoms with E-state index >= 15 is 0 Å². The van der Waals surface area contributed by atoms with Crippen LogP contribution in [0.3, 0.4) is 0 Å². The Morgan fingerprint density at radius 1 is 1.05 bits per heavy atom. The van der Waals surface area contributed by atoms with Crippen molar-refractivity contribution >= 4 is 48.4 Å². The Balaban J connectivity index is 1.50. The second-order valence-electron chi connectivity index (χ2n) is 11.6. The summed E-state index contributed by atoms with van der Waals surface area (Å²) in [4.78, 5) is 43.2. The molecule has 2 N–H and O–H groups in total. The highest BCUT2D eigenvalue weighted by molar-refractivity contribution is 14.1. The van der Waals surface area contributed by atoms with Gasteiger partial charge in [-0.15, -0.1) is 0 Å². The maximum atomic E-state index is 14.5. The van der Waals surface area contributed by atoms with Crippen LogP contribution in [0.25, 0.3) is 0 Å². The van der Waals surface area contributed by atoms with Crippen LogP contribution < -0.4 is 4.90 Å².